The largest absolute Gasteiger partial charge is 0.481 e. The standard InChI is InChI=1S/C27H37N5O4S2/c1-4-6-11-31-24(30-15-13-29(5-2)14-16-30)20(19(3)21(18-28)25(31)35)17-22-26(36)32(27(37)38-22)12-9-7-8-10-23(33)34/h17H,4-16H2,1-3H3,(H,33,34)/b22-17+. The molecule has 1 aromatic rings. The van der Waals surface area contributed by atoms with Crippen LogP contribution in [0.15, 0.2) is 9.70 Å². The third-order valence-corrected chi connectivity index (χ3v) is 8.50. The number of thioether (sulfide) groups is 1. The molecule has 0 aromatic carbocycles. The van der Waals surface area contributed by atoms with Crippen LogP contribution in [0, 0.1) is 18.3 Å². The van der Waals surface area contributed by atoms with Gasteiger partial charge in [-0.2, -0.15) is 5.26 Å². The van der Waals surface area contributed by atoms with Gasteiger partial charge in [0.05, 0.1) is 4.91 Å². The van der Waals surface area contributed by atoms with Crippen molar-refractivity contribution in [2.75, 3.05) is 44.2 Å². The third kappa shape index (κ3) is 6.84. The van der Waals surface area contributed by atoms with Gasteiger partial charge in [-0.05, 0) is 44.4 Å². The fourth-order valence-corrected chi connectivity index (χ4v) is 6.12. The predicted molar refractivity (Wildman–Crippen MR) is 155 cm³/mol. The van der Waals surface area contributed by atoms with Crippen LogP contribution in [0.5, 0.6) is 0 Å². The molecule has 0 radical (unpaired) electrons. The second-order valence-electron chi connectivity index (χ2n) is 9.62. The number of carbonyl (C=O) groups excluding carboxylic acids is 1. The van der Waals surface area contributed by atoms with Crippen LogP contribution in [0.25, 0.3) is 6.08 Å². The van der Waals surface area contributed by atoms with Crippen LogP contribution in [0.4, 0.5) is 5.82 Å². The molecule has 3 rings (SSSR count). The van der Waals surface area contributed by atoms with Crippen molar-refractivity contribution >= 4 is 52.1 Å². The van der Waals surface area contributed by atoms with Gasteiger partial charge in [-0.1, -0.05) is 50.7 Å². The first-order valence-corrected chi connectivity index (χ1v) is 14.6. The van der Waals surface area contributed by atoms with Gasteiger partial charge in [0.2, 0.25) is 0 Å². The van der Waals surface area contributed by atoms with Crippen molar-refractivity contribution in [2.45, 2.75) is 65.8 Å². The van der Waals surface area contributed by atoms with E-state index in [0.717, 1.165) is 56.9 Å². The molecule has 1 aromatic heterocycles. The Morgan fingerprint density at radius 1 is 1.11 bits per heavy atom. The summed E-state index contributed by atoms with van der Waals surface area (Å²) in [6.45, 7) is 11.2. The zero-order valence-corrected chi connectivity index (χ0v) is 24.1. The number of nitrogens with zero attached hydrogens (tertiary/aromatic N) is 5. The third-order valence-electron chi connectivity index (χ3n) is 7.12. The highest BCUT2D eigenvalue weighted by atomic mass is 32.2. The van der Waals surface area contributed by atoms with E-state index in [0.29, 0.717) is 47.1 Å². The van der Waals surface area contributed by atoms with E-state index in [1.807, 2.05) is 6.08 Å². The Bertz CT molecular complexity index is 1200. The summed E-state index contributed by atoms with van der Waals surface area (Å²) in [6.07, 6.45) is 5.56. The van der Waals surface area contributed by atoms with Crippen molar-refractivity contribution in [1.29, 1.82) is 5.26 Å². The van der Waals surface area contributed by atoms with Crippen molar-refractivity contribution in [2.24, 2.45) is 0 Å². The summed E-state index contributed by atoms with van der Waals surface area (Å²) >= 11 is 6.74. The molecule has 2 aliphatic rings. The molecule has 0 bridgehead atoms. The number of thiocarbonyl (C=S) groups is 1. The molecule has 1 amide bonds. The Morgan fingerprint density at radius 3 is 2.42 bits per heavy atom. The first-order chi connectivity index (χ1) is 18.2. The zero-order valence-electron chi connectivity index (χ0n) is 22.5. The highest BCUT2D eigenvalue weighted by Gasteiger charge is 2.33. The first kappa shape index (κ1) is 29.9. The van der Waals surface area contributed by atoms with E-state index in [4.69, 9.17) is 17.3 Å². The molecule has 0 saturated carbocycles. The highest BCUT2D eigenvalue weighted by Crippen LogP contribution is 2.36. The molecule has 206 valence electrons. The summed E-state index contributed by atoms with van der Waals surface area (Å²) in [5.41, 5.74) is 1.14. The average Bonchev–Trinajstić information content (AvgIpc) is 3.16. The van der Waals surface area contributed by atoms with Gasteiger partial charge in [0.1, 0.15) is 21.8 Å². The fraction of sp³-hybridized carbons (Fsp3) is 0.593. The normalized spacial score (nSPS) is 17.5. The lowest BCUT2D eigenvalue weighted by Crippen LogP contribution is -2.48. The number of aliphatic carboxylic acids is 1. The smallest absolute Gasteiger partial charge is 0.303 e. The molecule has 9 nitrogen and oxygen atoms in total. The Morgan fingerprint density at radius 2 is 1.82 bits per heavy atom. The summed E-state index contributed by atoms with van der Waals surface area (Å²) in [6, 6.07) is 2.11. The lowest BCUT2D eigenvalue weighted by atomic mass is 10.0. The van der Waals surface area contributed by atoms with Gasteiger partial charge >= 0.3 is 5.97 Å². The van der Waals surface area contributed by atoms with Gasteiger partial charge < -0.3 is 14.9 Å². The van der Waals surface area contributed by atoms with Gasteiger partial charge in [0, 0.05) is 51.3 Å². The topological polar surface area (TPSA) is 110 Å². The van der Waals surface area contributed by atoms with Gasteiger partial charge in [-0.25, -0.2) is 0 Å². The Kier molecular flexibility index (Phi) is 10.9. The monoisotopic (exact) mass is 559 g/mol. The summed E-state index contributed by atoms with van der Waals surface area (Å²) in [4.78, 5) is 44.1. The Labute approximate surface area is 234 Å². The summed E-state index contributed by atoms with van der Waals surface area (Å²) in [5, 5.41) is 18.7. The molecule has 0 aliphatic carbocycles. The molecule has 0 unspecified atom stereocenters. The fourth-order valence-electron chi connectivity index (χ4n) is 4.83. The van der Waals surface area contributed by atoms with E-state index in [1.165, 1.54) is 11.8 Å². The van der Waals surface area contributed by atoms with Crippen molar-refractivity contribution < 1.29 is 14.7 Å². The van der Waals surface area contributed by atoms with E-state index >= 15 is 0 Å². The molecule has 38 heavy (non-hydrogen) atoms. The van der Waals surface area contributed by atoms with Crippen LogP contribution in [0.3, 0.4) is 0 Å². The molecule has 0 spiro atoms. The highest BCUT2D eigenvalue weighted by molar-refractivity contribution is 8.26. The van der Waals surface area contributed by atoms with Gasteiger partial charge in [-0.3, -0.25) is 23.9 Å². The van der Waals surface area contributed by atoms with Crippen LogP contribution in [-0.2, 0) is 16.1 Å². The lowest BCUT2D eigenvalue weighted by Gasteiger charge is -2.37. The minimum absolute atomic E-state index is 0.109. The maximum Gasteiger partial charge on any atom is 0.303 e. The van der Waals surface area contributed by atoms with Gasteiger partial charge in [0.25, 0.3) is 11.5 Å². The maximum atomic E-state index is 13.4. The number of hydrogen-bond donors (Lipinski definition) is 1. The average molecular weight is 560 g/mol. The number of unbranched alkanes of at least 4 members (excludes halogenated alkanes) is 3. The van der Waals surface area contributed by atoms with Crippen LogP contribution in [-0.4, -0.2) is 74.9 Å². The van der Waals surface area contributed by atoms with Gasteiger partial charge in [0.15, 0.2) is 0 Å². The van der Waals surface area contributed by atoms with E-state index < -0.39 is 5.97 Å². The molecular weight excluding hydrogens is 522 g/mol. The minimum Gasteiger partial charge on any atom is -0.481 e. The molecule has 1 N–H and O–H groups in total. The summed E-state index contributed by atoms with van der Waals surface area (Å²) < 4.78 is 2.20. The number of carbonyl (C=O) groups is 2. The van der Waals surface area contributed by atoms with Crippen LogP contribution in [0.1, 0.15) is 69.1 Å². The second kappa shape index (κ2) is 13.9. The van der Waals surface area contributed by atoms with Crippen LogP contribution >= 0.6 is 24.0 Å². The first-order valence-electron chi connectivity index (χ1n) is 13.3. The molecule has 2 saturated heterocycles. The van der Waals surface area contributed by atoms with E-state index in [9.17, 15) is 19.6 Å². The molecule has 2 fully saturated rings. The van der Waals surface area contributed by atoms with Crippen molar-refractivity contribution in [1.82, 2.24) is 14.4 Å². The number of anilines is 1. The van der Waals surface area contributed by atoms with E-state index in [1.54, 1.807) is 16.4 Å². The second-order valence-corrected chi connectivity index (χ2v) is 11.3. The summed E-state index contributed by atoms with van der Waals surface area (Å²) in [7, 11) is 0. The van der Waals surface area contributed by atoms with Crippen LogP contribution in [0.2, 0.25) is 0 Å². The van der Waals surface area contributed by atoms with Crippen molar-refractivity contribution in [3.8, 4) is 6.07 Å². The molecule has 11 heteroatoms. The molecular formula is C27H37N5O4S2. The maximum absolute atomic E-state index is 13.4. The van der Waals surface area contributed by atoms with E-state index in [2.05, 4.69) is 29.7 Å². The van der Waals surface area contributed by atoms with Crippen molar-refractivity contribution in [3.63, 3.8) is 0 Å². The molecule has 2 aliphatic heterocycles. The number of amides is 1. The predicted octanol–water partition coefficient (Wildman–Crippen LogP) is 3.82. The number of nitriles is 1. The number of likely N-dealkylation sites (N-methyl/N-ethyl adjacent to an activating group) is 1. The number of hydrogen-bond acceptors (Lipinski definition) is 8. The van der Waals surface area contributed by atoms with Crippen LogP contribution < -0.4 is 10.5 Å². The van der Waals surface area contributed by atoms with Crippen molar-refractivity contribution in [3.05, 3.63) is 31.9 Å². The quantitative estimate of drug-likeness (QED) is 0.232. The molecule has 3 heterocycles. The number of piperazine rings is 1. The SMILES string of the molecule is CCCCn1c(N2CCN(CC)CC2)c(/C=C2/SC(=S)N(CCCCCC(=O)O)C2=O)c(C)c(C#N)c1=O. The number of rotatable bonds is 12. The lowest BCUT2D eigenvalue weighted by molar-refractivity contribution is -0.137. The number of carboxylic acid groups (broad SMARTS) is 1. The Balaban J connectivity index is 2.00. The van der Waals surface area contributed by atoms with Gasteiger partial charge in [-0.15, -0.1) is 0 Å². The number of carboxylic acids is 1. The van der Waals surface area contributed by atoms with E-state index in [-0.39, 0.29) is 23.5 Å². The summed E-state index contributed by atoms with van der Waals surface area (Å²) in [5.74, 6) is -0.239. The Hall–Kier alpha value is -2.68. The number of pyridine rings is 1. The molecule has 0 atom stereocenters. The minimum atomic E-state index is -0.821. The number of aromatic nitrogens is 1. The zero-order chi connectivity index (χ0) is 27.8.